The molecule has 0 spiro atoms. The number of nitrogens with one attached hydrogen (secondary N) is 1. The van der Waals surface area contributed by atoms with Crippen LogP contribution in [0.15, 0.2) is 78.2 Å². The number of para-hydroxylation sites is 1. The van der Waals surface area contributed by atoms with Gasteiger partial charge in [-0.2, -0.15) is 0 Å². The van der Waals surface area contributed by atoms with E-state index in [4.69, 9.17) is 11.6 Å². The molecule has 0 aliphatic rings. The van der Waals surface area contributed by atoms with E-state index < -0.39 is 10.8 Å². The molecule has 0 saturated heterocycles. The Bertz CT molecular complexity index is 1220. The van der Waals surface area contributed by atoms with Gasteiger partial charge in [-0.1, -0.05) is 48.0 Å². The molecule has 0 fully saturated rings. The Morgan fingerprint density at radius 2 is 1.63 bits per heavy atom. The fraction of sp³-hybridized carbons (Fsp3) is 0. The van der Waals surface area contributed by atoms with Crippen molar-refractivity contribution in [1.82, 2.24) is 4.98 Å². The first-order chi connectivity index (χ1) is 14.5. The number of nitrogens with zero attached hydrogens (tertiary/aromatic N) is 2. The van der Waals surface area contributed by atoms with Crippen molar-refractivity contribution < 1.29 is 9.72 Å². The third-order valence-electron chi connectivity index (χ3n) is 4.38. The predicted molar refractivity (Wildman–Crippen MR) is 119 cm³/mol. The van der Waals surface area contributed by atoms with Crippen LogP contribution in [0.3, 0.4) is 0 Å². The zero-order chi connectivity index (χ0) is 21.1. The van der Waals surface area contributed by atoms with Gasteiger partial charge in [-0.05, 0) is 30.3 Å². The molecule has 8 heteroatoms. The highest BCUT2D eigenvalue weighted by Gasteiger charge is 2.19. The first kappa shape index (κ1) is 19.8. The molecule has 0 saturated carbocycles. The summed E-state index contributed by atoms with van der Waals surface area (Å²) in [4.78, 5) is 27.6. The smallest absolute Gasteiger partial charge is 0.282 e. The average Bonchev–Trinajstić information content (AvgIpc) is 3.25. The lowest BCUT2D eigenvalue weighted by Crippen LogP contribution is -2.13. The van der Waals surface area contributed by atoms with Crippen LogP contribution in [-0.2, 0) is 0 Å². The van der Waals surface area contributed by atoms with Crippen molar-refractivity contribution in [1.29, 1.82) is 0 Å². The monoisotopic (exact) mass is 435 g/mol. The third kappa shape index (κ3) is 4.22. The first-order valence-electron chi connectivity index (χ1n) is 8.88. The van der Waals surface area contributed by atoms with Crippen molar-refractivity contribution >= 4 is 40.2 Å². The van der Waals surface area contributed by atoms with Crippen molar-refractivity contribution in [2.75, 3.05) is 5.32 Å². The van der Waals surface area contributed by atoms with Gasteiger partial charge in [0.25, 0.3) is 11.6 Å². The number of aromatic nitrogens is 1. The van der Waals surface area contributed by atoms with E-state index in [-0.39, 0.29) is 11.3 Å². The summed E-state index contributed by atoms with van der Waals surface area (Å²) in [5, 5.41) is 17.3. The molecule has 0 aliphatic carbocycles. The highest BCUT2D eigenvalue weighted by Crippen LogP contribution is 2.30. The number of hydrogen-bond acceptors (Lipinski definition) is 5. The number of carbonyl (C=O) groups excluding carboxylic acids is 1. The van der Waals surface area contributed by atoms with Crippen LogP contribution in [0.25, 0.3) is 21.8 Å². The maximum absolute atomic E-state index is 12.4. The van der Waals surface area contributed by atoms with E-state index in [1.807, 2.05) is 41.8 Å². The summed E-state index contributed by atoms with van der Waals surface area (Å²) in [5.74, 6) is -0.534. The van der Waals surface area contributed by atoms with Gasteiger partial charge < -0.3 is 5.32 Å². The second-order valence-electron chi connectivity index (χ2n) is 6.35. The van der Waals surface area contributed by atoms with E-state index in [1.165, 1.54) is 29.5 Å². The maximum atomic E-state index is 12.4. The molecule has 4 rings (SSSR count). The minimum atomic E-state index is -0.571. The van der Waals surface area contributed by atoms with Gasteiger partial charge >= 0.3 is 0 Å². The van der Waals surface area contributed by atoms with Crippen LogP contribution in [0.2, 0.25) is 5.02 Å². The predicted octanol–water partition coefficient (Wildman–Crippen LogP) is 6.29. The third-order valence-corrected chi connectivity index (χ3v) is 5.52. The minimum Gasteiger partial charge on any atom is -0.322 e. The van der Waals surface area contributed by atoms with E-state index in [0.717, 1.165) is 21.8 Å². The SMILES string of the molecule is O=C(Nc1ccc(-c2csc(-c3ccc(Cl)cc3)n2)cc1)c1ccccc1[N+](=O)[O-]. The summed E-state index contributed by atoms with van der Waals surface area (Å²) in [6.45, 7) is 0. The molecule has 30 heavy (non-hydrogen) atoms. The molecule has 1 heterocycles. The topological polar surface area (TPSA) is 85.1 Å². The van der Waals surface area contributed by atoms with E-state index in [2.05, 4.69) is 10.3 Å². The van der Waals surface area contributed by atoms with Crippen LogP contribution in [0.5, 0.6) is 0 Å². The van der Waals surface area contributed by atoms with E-state index in [0.29, 0.717) is 10.7 Å². The number of benzene rings is 3. The lowest BCUT2D eigenvalue weighted by atomic mass is 10.1. The largest absolute Gasteiger partial charge is 0.322 e. The van der Waals surface area contributed by atoms with Crippen molar-refractivity contribution in [3.8, 4) is 21.8 Å². The number of nitro benzene ring substituents is 1. The van der Waals surface area contributed by atoms with Gasteiger partial charge in [0, 0.05) is 33.3 Å². The van der Waals surface area contributed by atoms with Crippen molar-refractivity contribution in [2.45, 2.75) is 0 Å². The zero-order valence-corrected chi connectivity index (χ0v) is 17.0. The van der Waals surface area contributed by atoms with Crippen molar-refractivity contribution in [2.24, 2.45) is 0 Å². The Balaban J connectivity index is 1.51. The maximum Gasteiger partial charge on any atom is 0.282 e. The molecule has 1 aromatic heterocycles. The van der Waals surface area contributed by atoms with Crippen LogP contribution in [0.1, 0.15) is 10.4 Å². The number of rotatable bonds is 5. The van der Waals surface area contributed by atoms with Crippen molar-refractivity contribution in [3.05, 3.63) is 98.9 Å². The fourth-order valence-corrected chi connectivity index (χ4v) is 3.84. The van der Waals surface area contributed by atoms with Gasteiger partial charge in [0.15, 0.2) is 0 Å². The molecule has 0 atom stereocenters. The number of thiazole rings is 1. The van der Waals surface area contributed by atoms with Gasteiger partial charge in [0.05, 0.1) is 10.6 Å². The molecule has 1 N–H and O–H groups in total. The molecule has 0 bridgehead atoms. The lowest BCUT2D eigenvalue weighted by Gasteiger charge is -2.06. The number of nitro groups is 1. The number of hydrogen-bond donors (Lipinski definition) is 1. The molecule has 0 radical (unpaired) electrons. The lowest BCUT2D eigenvalue weighted by molar-refractivity contribution is -0.385. The summed E-state index contributed by atoms with van der Waals surface area (Å²) >= 11 is 7.47. The molecule has 0 aliphatic heterocycles. The highest BCUT2D eigenvalue weighted by atomic mass is 35.5. The Labute approximate surface area is 180 Å². The summed E-state index contributed by atoms with van der Waals surface area (Å²) in [6, 6.07) is 20.5. The van der Waals surface area contributed by atoms with Gasteiger partial charge in [-0.25, -0.2) is 4.98 Å². The highest BCUT2D eigenvalue weighted by molar-refractivity contribution is 7.13. The van der Waals surface area contributed by atoms with E-state index in [1.54, 1.807) is 18.2 Å². The molecule has 0 unspecified atom stereocenters. The Morgan fingerprint density at radius 1 is 0.967 bits per heavy atom. The number of anilines is 1. The van der Waals surface area contributed by atoms with E-state index >= 15 is 0 Å². The van der Waals surface area contributed by atoms with Gasteiger partial charge in [-0.3, -0.25) is 14.9 Å². The van der Waals surface area contributed by atoms with Gasteiger partial charge in [0.2, 0.25) is 0 Å². The van der Waals surface area contributed by atoms with Crippen LogP contribution in [0.4, 0.5) is 11.4 Å². The Hall–Kier alpha value is -3.55. The molecular formula is C22H14ClN3O3S. The Morgan fingerprint density at radius 3 is 2.33 bits per heavy atom. The van der Waals surface area contributed by atoms with Crippen LogP contribution in [-0.4, -0.2) is 15.8 Å². The number of halogens is 1. The number of carbonyl (C=O) groups is 1. The summed E-state index contributed by atoms with van der Waals surface area (Å²) < 4.78 is 0. The average molecular weight is 436 g/mol. The molecule has 1 amide bonds. The van der Waals surface area contributed by atoms with Gasteiger partial charge in [0.1, 0.15) is 10.6 Å². The number of amides is 1. The normalized spacial score (nSPS) is 10.6. The second-order valence-corrected chi connectivity index (χ2v) is 7.65. The quantitative estimate of drug-likeness (QED) is 0.295. The first-order valence-corrected chi connectivity index (χ1v) is 10.1. The molecule has 4 aromatic rings. The Kier molecular flexibility index (Phi) is 5.56. The van der Waals surface area contributed by atoms with E-state index in [9.17, 15) is 14.9 Å². The molecule has 3 aromatic carbocycles. The standard InChI is InChI=1S/C22H14ClN3O3S/c23-16-9-5-15(6-10-16)22-25-19(13-30-22)14-7-11-17(12-8-14)24-21(27)18-3-1-2-4-20(18)26(28)29/h1-13H,(H,24,27). The minimum absolute atomic E-state index is 0.0127. The van der Waals surface area contributed by atoms with Crippen LogP contribution >= 0.6 is 22.9 Å². The van der Waals surface area contributed by atoms with Crippen LogP contribution in [0, 0.1) is 10.1 Å². The fourth-order valence-electron chi connectivity index (χ4n) is 2.88. The second kappa shape index (κ2) is 8.44. The molecular weight excluding hydrogens is 422 g/mol. The summed E-state index contributed by atoms with van der Waals surface area (Å²) in [7, 11) is 0. The van der Waals surface area contributed by atoms with Crippen molar-refractivity contribution in [3.63, 3.8) is 0 Å². The van der Waals surface area contributed by atoms with Crippen LogP contribution < -0.4 is 5.32 Å². The summed E-state index contributed by atoms with van der Waals surface area (Å²) in [6.07, 6.45) is 0. The zero-order valence-electron chi connectivity index (χ0n) is 15.4. The summed E-state index contributed by atoms with van der Waals surface area (Å²) in [5.41, 5.74) is 3.03. The van der Waals surface area contributed by atoms with Gasteiger partial charge in [-0.15, -0.1) is 11.3 Å². The molecule has 6 nitrogen and oxygen atoms in total. The molecule has 148 valence electrons.